The standard InChI is InChI=1S/C15H22N2O3/c16-11-6-2-5-9-14(18)17(12-10-15(19)20)13-7-3-1-4-8-13/h1,3-4,7-8H,2,5-6,9-12,16H2,(H,19,20). The van der Waals surface area contributed by atoms with Crippen LogP contribution in [0.25, 0.3) is 0 Å². The van der Waals surface area contributed by atoms with Crippen LogP contribution in [0, 0.1) is 0 Å². The third-order valence-corrected chi connectivity index (χ3v) is 3.01. The van der Waals surface area contributed by atoms with Gasteiger partial charge >= 0.3 is 5.97 Å². The number of amides is 1. The molecule has 0 aliphatic carbocycles. The Morgan fingerprint density at radius 1 is 1.05 bits per heavy atom. The summed E-state index contributed by atoms with van der Waals surface area (Å²) in [5, 5.41) is 8.79. The molecule has 1 aromatic rings. The van der Waals surface area contributed by atoms with E-state index in [1.807, 2.05) is 30.3 Å². The fraction of sp³-hybridized carbons (Fsp3) is 0.467. The van der Waals surface area contributed by atoms with Crippen LogP contribution in [-0.2, 0) is 9.59 Å². The molecule has 1 aromatic carbocycles. The number of nitrogens with zero attached hydrogens (tertiary/aromatic N) is 1. The molecule has 0 spiro atoms. The van der Waals surface area contributed by atoms with Gasteiger partial charge in [0.05, 0.1) is 6.42 Å². The molecule has 0 saturated heterocycles. The van der Waals surface area contributed by atoms with E-state index in [0.29, 0.717) is 13.0 Å². The van der Waals surface area contributed by atoms with Gasteiger partial charge in [0.25, 0.3) is 0 Å². The van der Waals surface area contributed by atoms with Crippen molar-refractivity contribution in [2.45, 2.75) is 32.1 Å². The molecule has 0 radical (unpaired) electrons. The molecule has 5 nitrogen and oxygen atoms in total. The van der Waals surface area contributed by atoms with Crippen molar-refractivity contribution in [1.29, 1.82) is 0 Å². The van der Waals surface area contributed by atoms with Gasteiger partial charge in [-0.05, 0) is 31.5 Å². The number of hydrogen-bond acceptors (Lipinski definition) is 3. The van der Waals surface area contributed by atoms with E-state index < -0.39 is 5.97 Å². The SMILES string of the molecule is NCCCCCC(=O)N(CCC(=O)O)c1ccccc1. The molecule has 0 bridgehead atoms. The molecule has 0 fully saturated rings. The molecule has 110 valence electrons. The van der Waals surface area contributed by atoms with Gasteiger partial charge in [-0.3, -0.25) is 9.59 Å². The van der Waals surface area contributed by atoms with Crippen molar-refractivity contribution in [3.8, 4) is 0 Å². The fourth-order valence-corrected chi connectivity index (χ4v) is 1.95. The van der Waals surface area contributed by atoms with Crippen molar-refractivity contribution < 1.29 is 14.7 Å². The maximum Gasteiger partial charge on any atom is 0.305 e. The van der Waals surface area contributed by atoms with E-state index >= 15 is 0 Å². The zero-order valence-electron chi connectivity index (χ0n) is 11.6. The zero-order chi connectivity index (χ0) is 14.8. The highest BCUT2D eigenvalue weighted by molar-refractivity contribution is 5.93. The van der Waals surface area contributed by atoms with Crippen molar-refractivity contribution in [3.63, 3.8) is 0 Å². The first kappa shape index (κ1) is 16.2. The Hall–Kier alpha value is -1.88. The fourth-order valence-electron chi connectivity index (χ4n) is 1.95. The Morgan fingerprint density at radius 3 is 2.35 bits per heavy atom. The molecule has 0 heterocycles. The number of hydrogen-bond donors (Lipinski definition) is 2. The lowest BCUT2D eigenvalue weighted by atomic mass is 10.1. The lowest BCUT2D eigenvalue weighted by Gasteiger charge is -2.22. The van der Waals surface area contributed by atoms with Gasteiger partial charge in [0.1, 0.15) is 0 Å². The second-order valence-electron chi connectivity index (χ2n) is 4.62. The monoisotopic (exact) mass is 278 g/mol. The normalized spacial score (nSPS) is 10.2. The number of nitrogens with two attached hydrogens (primary N) is 1. The minimum absolute atomic E-state index is 0.0329. The molecule has 5 heteroatoms. The van der Waals surface area contributed by atoms with E-state index in [2.05, 4.69) is 0 Å². The molecule has 0 aliphatic heterocycles. The van der Waals surface area contributed by atoms with Gasteiger partial charge in [0.2, 0.25) is 5.91 Å². The summed E-state index contributed by atoms with van der Waals surface area (Å²) in [5.41, 5.74) is 6.16. The second-order valence-corrected chi connectivity index (χ2v) is 4.62. The van der Waals surface area contributed by atoms with Crippen LogP contribution in [0.3, 0.4) is 0 Å². The lowest BCUT2D eigenvalue weighted by Crippen LogP contribution is -2.32. The first-order chi connectivity index (χ1) is 9.65. The number of carboxylic acid groups (broad SMARTS) is 1. The van der Waals surface area contributed by atoms with Gasteiger partial charge in [0.15, 0.2) is 0 Å². The summed E-state index contributed by atoms with van der Waals surface area (Å²) in [6.45, 7) is 0.838. The summed E-state index contributed by atoms with van der Waals surface area (Å²) in [6.07, 6.45) is 2.99. The van der Waals surface area contributed by atoms with Crippen molar-refractivity contribution >= 4 is 17.6 Å². The van der Waals surface area contributed by atoms with Crippen LogP contribution in [0.5, 0.6) is 0 Å². The topological polar surface area (TPSA) is 83.6 Å². The highest BCUT2D eigenvalue weighted by Gasteiger charge is 2.16. The molecule has 0 atom stereocenters. The molecule has 20 heavy (non-hydrogen) atoms. The van der Waals surface area contributed by atoms with Crippen LogP contribution in [0.1, 0.15) is 32.1 Å². The Kier molecular flexibility index (Phi) is 7.35. The number of carboxylic acids is 1. The number of rotatable bonds is 9. The maximum absolute atomic E-state index is 12.2. The van der Waals surface area contributed by atoms with Crippen LogP contribution in [0.2, 0.25) is 0 Å². The van der Waals surface area contributed by atoms with E-state index in [-0.39, 0.29) is 18.9 Å². The van der Waals surface area contributed by atoms with Crippen LogP contribution >= 0.6 is 0 Å². The summed E-state index contributed by atoms with van der Waals surface area (Å²) in [7, 11) is 0. The van der Waals surface area contributed by atoms with Crippen molar-refractivity contribution in [3.05, 3.63) is 30.3 Å². The summed E-state index contributed by atoms with van der Waals surface area (Å²) in [6, 6.07) is 9.18. The van der Waals surface area contributed by atoms with Gasteiger partial charge in [-0.1, -0.05) is 24.6 Å². The van der Waals surface area contributed by atoms with E-state index in [9.17, 15) is 9.59 Å². The van der Waals surface area contributed by atoms with Crippen molar-refractivity contribution in [2.24, 2.45) is 5.73 Å². The lowest BCUT2D eigenvalue weighted by molar-refractivity contribution is -0.136. The van der Waals surface area contributed by atoms with Crippen LogP contribution in [-0.4, -0.2) is 30.1 Å². The number of unbranched alkanes of at least 4 members (excludes halogenated alkanes) is 2. The largest absolute Gasteiger partial charge is 0.481 e. The number of carbonyl (C=O) groups is 2. The second kappa shape index (κ2) is 9.09. The smallest absolute Gasteiger partial charge is 0.305 e. The van der Waals surface area contributed by atoms with Crippen LogP contribution in [0.15, 0.2) is 30.3 Å². The Balaban J connectivity index is 2.62. The molecule has 0 aliphatic rings. The Bertz CT molecular complexity index is 420. The summed E-state index contributed by atoms with van der Waals surface area (Å²) >= 11 is 0. The van der Waals surface area contributed by atoms with Crippen LogP contribution in [0.4, 0.5) is 5.69 Å². The molecule has 0 aromatic heterocycles. The molecule has 0 unspecified atom stereocenters. The number of para-hydroxylation sites is 1. The predicted octanol–water partition coefficient (Wildman–Crippen LogP) is 2.01. The zero-order valence-corrected chi connectivity index (χ0v) is 11.6. The summed E-state index contributed by atoms with van der Waals surface area (Å²) in [4.78, 5) is 24.5. The molecule has 1 rings (SSSR count). The summed E-state index contributed by atoms with van der Waals surface area (Å²) < 4.78 is 0. The van der Waals surface area contributed by atoms with Crippen molar-refractivity contribution in [2.75, 3.05) is 18.0 Å². The maximum atomic E-state index is 12.2. The van der Waals surface area contributed by atoms with Crippen molar-refractivity contribution in [1.82, 2.24) is 0 Å². The quantitative estimate of drug-likeness (QED) is 0.677. The third-order valence-electron chi connectivity index (χ3n) is 3.01. The number of anilines is 1. The highest BCUT2D eigenvalue weighted by atomic mass is 16.4. The van der Waals surface area contributed by atoms with Crippen LogP contribution < -0.4 is 10.6 Å². The number of aliphatic carboxylic acids is 1. The summed E-state index contributed by atoms with van der Waals surface area (Å²) in [5.74, 6) is -0.934. The van der Waals surface area contributed by atoms with E-state index in [0.717, 1.165) is 24.9 Å². The first-order valence-corrected chi connectivity index (χ1v) is 6.92. The molecule has 3 N–H and O–H groups in total. The van der Waals surface area contributed by atoms with E-state index in [1.165, 1.54) is 0 Å². The minimum atomic E-state index is -0.901. The van der Waals surface area contributed by atoms with Gasteiger partial charge in [-0.25, -0.2) is 0 Å². The highest BCUT2D eigenvalue weighted by Crippen LogP contribution is 2.16. The van der Waals surface area contributed by atoms with E-state index in [1.54, 1.807) is 4.90 Å². The molecule has 0 saturated carbocycles. The van der Waals surface area contributed by atoms with Gasteiger partial charge < -0.3 is 15.7 Å². The molecule has 1 amide bonds. The number of carbonyl (C=O) groups excluding carboxylic acids is 1. The molecular weight excluding hydrogens is 256 g/mol. The minimum Gasteiger partial charge on any atom is -0.481 e. The first-order valence-electron chi connectivity index (χ1n) is 6.92. The average Bonchev–Trinajstić information content (AvgIpc) is 2.44. The Morgan fingerprint density at radius 2 is 1.75 bits per heavy atom. The number of benzene rings is 1. The average molecular weight is 278 g/mol. The van der Waals surface area contributed by atoms with Gasteiger partial charge in [-0.2, -0.15) is 0 Å². The predicted molar refractivity (Wildman–Crippen MR) is 78.6 cm³/mol. The Labute approximate surface area is 119 Å². The third kappa shape index (κ3) is 5.84. The molecular formula is C15H22N2O3. The van der Waals surface area contributed by atoms with E-state index in [4.69, 9.17) is 10.8 Å². The van der Waals surface area contributed by atoms with Gasteiger partial charge in [-0.15, -0.1) is 0 Å². The van der Waals surface area contributed by atoms with Gasteiger partial charge in [0, 0.05) is 18.7 Å².